The Hall–Kier alpha value is -4.87. The van der Waals surface area contributed by atoms with Gasteiger partial charge in [0.2, 0.25) is 28.6 Å². The average Bonchev–Trinajstić information content (AvgIpc) is 3.57. The van der Waals surface area contributed by atoms with Gasteiger partial charge < -0.3 is 24.4 Å². The summed E-state index contributed by atoms with van der Waals surface area (Å²) in [5.74, 6) is 1.48. The highest BCUT2D eigenvalue weighted by atomic mass is 32.2. The number of hydrogen-bond donors (Lipinski definition) is 2. The van der Waals surface area contributed by atoms with E-state index < -0.39 is 16.1 Å². The molecular formula is C36H39N3O7S. The van der Waals surface area contributed by atoms with E-state index in [1.807, 2.05) is 72.8 Å². The molecule has 10 nitrogen and oxygen atoms in total. The normalized spacial score (nSPS) is 12.7. The predicted octanol–water partition coefficient (Wildman–Crippen LogP) is 4.61. The number of aryl methyl sites for hydroxylation is 1. The van der Waals surface area contributed by atoms with Crippen molar-refractivity contribution in [1.82, 2.24) is 14.9 Å². The molecule has 4 aromatic rings. The van der Waals surface area contributed by atoms with Crippen molar-refractivity contribution in [2.24, 2.45) is 0 Å². The minimum Gasteiger partial charge on any atom is -0.497 e. The van der Waals surface area contributed by atoms with Crippen LogP contribution in [0, 0.1) is 0 Å². The number of nitrogens with zero attached hydrogens (tertiary/aromatic N) is 1. The van der Waals surface area contributed by atoms with Crippen LogP contribution in [0.3, 0.4) is 0 Å². The van der Waals surface area contributed by atoms with Crippen molar-refractivity contribution in [3.05, 3.63) is 119 Å². The highest BCUT2D eigenvalue weighted by molar-refractivity contribution is 7.89. The number of hydrogen-bond acceptors (Lipinski definition) is 7. The smallest absolute Gasteiger partial charge is 0.243 e. The summed E-state index contributed by atoms with van der Waals surface area (Å²) in [4.78, 5) is 29.9. The molecule has 0 spiro atoms. The molecule has 1 heterocycles. The molecule has 0 radical (unpaired) electrons. The van der Waals surface area contributed by atoms with Gasteiger partial charge in [-0.2, -0.15) is 0 Å². The average molecular weight is 658 g/mol. The second kappa shape index (κ2) is 15.6. The van der Waals surface area contributed by atoms with Crippen LogP contribution < -0.4 is 24.2 Å². The van der Waals surface area contributed by atoms with Gasteiger partial charge >= 0.3 is 0 Å². The topological polar surface area (TPSA) is 123 Å². The largest absolute Gasteiger partial charge is 0.497 e. The summed E-state index contributed by atoms with van der Waals surface area (Å²) in [6.45, 7) is 2.62. The van der Waals surface area contributed by atoms with Gasteiger partial charge in [-0.1, -0.05) is 67.6 Å². The van der Waals surface area contributed by atoms with Gasteiger partial charge in [0.05, 0.1) is 12.0 Å². The van der Waals surface area contributed by atoms with Crippen LogP contribution in [-0.4, -0.2) is 51.6 Å². The van der Waals surface area contributed by atoms with Gasteiger partial charge in [-0.3, -0.25) is 9.59 Å². The Kier molecular flexibility index (Phi) is 11.1. The van der Waals surface area contributed by atoms with Gasteiger partial charge in [0.25, 0.3) is 0 Å². The monoisotopic (exact) mass is 657 g/mol. The Bertz CT molecular complexity index is 1760. The molecule has 1 unspecified atom stereocenters. The number of methoxy groups -OCH3 is 1. The van der Waals surface area contributed by atoms with Crippen molar-refractivity contribution in [3.8, 4) is 17.2 Å². The lowest BCUT2D eigenvalue weighted by Crippen LogP contribution is -2.50. The van der Waals surface area contributed by atoms with Crippen LogP contribution in [-0.2, 0) is 45.5 Å². The maximum Gasteiger partial charge on any atom is 0.243 e. The summed E-state index contributed by atoms with van der Waals surface area (Å²) in [5, 5.41) is 3.04. The van der Waals surface area contributed by atoms with Crippen molar-refractivity contribution in [3.63, 3.8) is 0 Å². The van der Waals surface area contributed by atoms with Crippen LogP contribution in [0.25, 0.3) is 0 Å². The van der Waals surface area contributed by atoms with Crippen molar-refractivity contribution in [2.45, 2.75) is 50.2 Å². The molecule has 2 N–H and O–H groups in total. The highest BCUT2D eigenvalue weighted by Gasteiger charge is 2.30. The zero-order valence-electron chi connectivity index (χ0n) is 26.5. The lowest BCUT2D eigenvalue weighted by atomic mass is 10.0. The first-order chi connectivity index (χ1) is 22.8. The third-order valence-electron chi connectivity index (χ3n) is 7.88. The molecule has 2 amide bonds. The molecule has 11 heteroatoms. The number of ether oxygens (including phenoxy) is 3. The fourth-order valence-electron chi connectivity index (χ4n) is 5.34. The molecule has 1 aliphatic heterocycles. The van der Waals surface area contributed by atoms with E-state index in [1.54, 1.807) is 31.1 Å². The minimum absolute atomic E-state index is 0.121. The third kappa shape index (κ3) is 8.90. The van der Waals surface area contributed by atoms with E-state index in [0.717, 1.165) is 22.3 Å². The highest BCUT2D eigenvalue weighted by Crippen LogP contribution is 2.32. The Morgan fingerprint density at radius 2 is 1.53 bits per heavy atom. The second-order valence-corrected chi connectivity index (χ2v) is 12.9. The maximum absolute atomic E-state index is 14.1. The third-order valence-corrected chi connectivity index (χ3v) is 9.44. The van der Waals surface area contributed by atoms with E-state index >= 15 is 0 Å². The van der Waals surface area contributed by atoms with E-state index in [9.17, 15) is 18.0 Å². The van der Waals surface area contributed by atoms with Gasteiger partial charge in [0.15, 0.2) is 11.5 Å². The van der Waals surface area contributed by atoms with Crippen molar-refractivity contribution >= 4 is 21.8 Å². The molecule has 246 valence electrons. The molecule has 0 aromatic heterocycles. The van der Waals surface area contributed by atoms with Crippen LogP contribution in [0.2, 0.25) is 0 Å². The molecule has 47 heavy (non-hydrogen) atoms. The SMILES string of the molecule is CCNS(=O)(=O)c1ccc(CCC(=O)N(Cc2ccc(OC)cc2)C(Cc2ccccc2)C(=O)NCc2ccc3c(c2)OCO3)cc1. The zero-order chi connectivity index (χ0) is 33.2. The number of carbonyl (C=O) groups excluding carboxylic acids is 2. The molecule has 0 saturated carbocycles. The first-order valence-corrected chi connectivity index (χ1v) is 16.9. The molecule has 4 aromatic carbocycles. The zero-order valence-corrected chi connectivity index (χ0v) is 27.3. The van der Waals surface area contributed by atoms with Gasteiger partial charge in [0, 0.05) is 32.5 Å². The van der Waals surface area contributed by atoms with E-state index in [-0.39, 0.29) is 49.6 Å². The van der Waals surface area contributed by atoms with Gasteiger partial charge in [0.1, 0.15) is 11.8 Å². The van der Waals surface area contributed by atoms with Crippen LogP contribution in [0.1, 0.15) is 35.6 Å². The van der Waals surface area contributed by atoms with E-state index in [4.69, 9.17) is 14.2 Å². The summed E-state index contributed by atoms with van der Waals surface area (Å²) in [7, 11) is -1.99. The molecule has 0 aliphatic carbocycles. The molecule has 0 bridgehead atoms. The van der Waals surface area contributed by atoms with Crippen LogP contribution in [0.5, 0.6) is 17.2 Å². The lowest BCUT2D eigenvalue weighted by Gasteiger charge is -2.32. The minimum atomic E-state index is -3.58. The van der Waals surface area contributed by atoms with Crippen molar-refractivity contribution in [1.29, 1.82) is 0 Å². The number of rotatable bonds is 15. The Balaban J connectivity index is 1.38. The summed E-state index contributed by atoms with van der Waals surface area (Å²) >= 11 is 0. The van der Waals surface area contributed by atoms with E-state index in [0.29, 0.717) is 30.1 Å². The molecule has 5 rings (SSSR count). The molecule has 1 atom stereocenters. The second-order valence-electron chi connectivity index (χ2n) is 11.1. The lowest BCUT2D eigenvalue weighted by molar-refractivity contribution is -0.141. The summed E-state index contributed by atoms with van der Waals surface area (Å²) in [6.07, 6.45) is 0.805. The Morgan fingerprint density at radius 1 is 0.851 bits per heavy atom. The predicted molar refractivity (Wildman–Crippen MR) is 178 cm³/mol. The number of benzene rings is 4. The van der Waals surface area contributed by atoms with Crippen LogP contribution in [0.4, 0.5) is 0 Å². The fourth-order valence-corrected chi connectivity index (χ4v) is 6.38. The molecule has 1 aliphatic rings. The van der Waals surface area contributed by atoms with Crippen molar-refractivity contribution in [2.75, 3.05) is 20.4 Å². The van der Waals surface area contributed by atoms with E-state index in [2.05, 4.69) is 10.0 Å². The maximum atomic E-state index is 14.1. The first-order valence-electron chi connectivity index (χ1n) is 15.5. The number of sulfonamides is 1. The van der Waals surface area contributed by atoms with Crippen LogP contribution in [0.15, 0.2) is 102 Å². The molecular weight excluding hydrogens is 618 g/mol. The fraction of sp³-hybridized carbons (Fsp3) is 0.278. The summed E-state index contributed by atoms with van der Waals surface area (Å²) in [6, 6.07) is 28.2. The van der Waals surface area contributed by atoms with Gasteiger partial charge in [-0.25, -0.2) is 13.1 Å². The van der Waals surface area contributed by atoms with Gasteiger partial charge in [-0.05, 0) is 65.1 Å². The molecule has 0 fully saturated rings. The van der Waals surface area contributed by atoms with Crippen molar-refractivity contribution < 1.29 is 32.2 Å². The quantitative estimate of drug-likeness (QED) is 0.191. The Morgan fingerprint density at radius 3 is 2.23 bits per heavy atom. The number of amides is 2. The number of nitrogens with one attached hydrogen (secondary N) is 2. The number of fused-ring (bicyclic) bond motifs is 1. The van der Waals surface area contributed by atoms with Crippen LogP contribution >= 0.6 is 0 Å². The first kappa shape index (κ1) is 33.5. The van der Waals surface area contributed by atoms with Gasteiger partial charge in [-0.15, -0.1) is 0 Å². The summed E-state index contributed by atoms with van der Waals surface area (Å²) in [5.41, 5.74) is 3.42. The number of carbonyl (C=O) groups is 2. The standard InChI is InChI=1S/C36H39N3O7S/c1-3-38-47(42,43)31-17-11-26(12-18-31)14-20-35(40)39(24-28-9-15-30(44-2)16-10-28)32(21-27-7-5-4-6-8-27)36(41)37-23-29-13-19-33-34(22-29)46-25-45-33/h4-13,15-19,22,32,38H,3,14,20-21,23-25H2,1-2H3,(H,37,41). The summed E-state index contributed by atoms with van der Waals surface area (Å²) < 4.78 is 43.4. The van der Waals surface area contributed by atoms with E-state index in [1.165, 1.54) is 12.1 Å². The Labute approximate surface area is 275 Å². The molecule has 0 saturated heterocycles.